The minimum atomic E-state index is -0.475. The van der Waals surface area contributed by atoms with Crippen molar-refractivity contribution in [3.8, 4) is 0 Å². The van der Waals surface area contributed by atoms with E-state index in [4.69, 9.17) is 4.79 Å². The fourth-order valence-electron chi connectivity index (χ4n) is 2.49. The van der Waals surface area contributed by atoms with Crippen molar-refractivity contribution < 1.29 is 14.0 Å². The Bertz CT molecular complexity index is 1050. The number of hydrogen-bond acceptors (Lipinski definition) is 6. The summed E-state index contributed by atoms with van der Waals surface area (Å²) in [6, 6.07) is 6.63. The molecule has 0 radical (unpaired) electrons. The maximum Gasteiger partial charge on any atom is 0.252 e. The van der Waals surface area contributed by atoms with Crippen LogP contribution in [0.5, 0.6) is 0 Å². The van der Waals surface area contributed by atoms with E-state index in [2.05, 4.69) is 15.5 Å². The fraction of sp³-hybridized carbons (Fsp3) is 0.222. The third kappa shape index (κ3) is 5.05. The van der Waals surface area contributed by atoms with Gasteiger partial charge in [0, 0.05) is 25.0 Å². The van der Waals surface area contributed by atoms with Crippen molar-refractivity contribution in [2.45, 2.75) is 11.8 Å². The number of likely N-dealkylation sites (N-methyl/N-ethyl adjacent to an activating group) is 1. The molecule has 1 amide bonds. The summed E-state index contributed by atoms with van der Waals surface area (Å²) in [5.41, 5.74) is 1.67. The van der Waals surface area contributed by atoms with Gasteiger partial charge in [-0.2, -0.15) is 9.49 Å². The van der Waals surface area contributed by atoms with E-state index in [1.807, 2.05) is 19.8 Å². The van der Waals surface area contributed by atoms with Gasteiger partial charge in [0.2, 0.25) is 11.9 Å². The highest BCUT2D eigenvalue weighted by Crippen LogP contribution is 2.30. The molecule has 3 rings (SSSR count). The number of amides is 1. The van der Waals surface area contributed by atoms with Gasteiger partial charge in [0.05, 0.1) is 16.8 Å². The summed E-state index contributed by atoms with van der Waals surface area (Å²) in [7, 11) is 3.39. The van der Waals surface area contributed by atoms with Gasteiger partial charge in [0.15, 0.2) is 0 Å². The van der Waals surface area contributed by atoms with Crippen molar-refractivity contribution >= 4 is 41.2 Å². The Morgan fingerprint density at radius 2 is 2.11 bits per heavy atom. The van der Waals surface area contributed by atoms with E-state index in [-0.39, 0.29) is 18.0 Å². The van der Waals surface area contributed by atoms with Gasteiger partial charge in [0.1, 0.15) is 12.3 Å². The van der Waals surface area contributed by atoms with Gasteiger partial charge in [-0.1, -0.05) is 0 Å². The van der Waals surface area contributed by atoms with Crippen LogP contribution in [0.2, 0.25) is 0 Å². The number of aromatic nitrogens is 3. The summed E-state index contributed by atoms with van der Waals surface area (Å²) in [6.45, 7) is 3.96. The van der Waals surface area contributed by atoms with Gasteiger partial charge in [-0.15, -0.1) is 0 Å². The summed E-state index contributed by atoms with van der Waals surface area (Å²) in [5.74, 6) is -0.734. The fourth-order valence-corrected chi connectivity index (χ4v) is 3.49. The van der Waals surface area contributed by atoms with Gasteiger partial charge < -0.3 is 14.7 Å². The molecule has 0 unspecified atom stereocenters. The van der Waals surface area contributed by atoms with Gasteiger partial charge in [-0.05, 0) is 49.7 Å². The molecule has 0 aliphatic rings. The molecular weight excluding hydrogens is 385 g/mol. The number of H-pyrrole nitrogens is 1. The second-order valence-electron chi connectivity index (χ2n) is 5.99. The number of nitrogens with zero attached hydrogens (tertiary/aromatic N) is 3. The van der Waals surface area contributed by atoms with E-state index in [0.29, 0.717) is 16.6 Å². The van der Waals surface area contributed by atoms with Crippen molar-refractivity contribution in [2.75, 3.05) is 18.9 Å². The predicted octanol–water partition coefficient (Wildman–Crippen LogP) is 2.10. The van der Waals surface area contributed by atoms with Crippen LogP contribution in [0.15, 0.2) is 40.2 Å². The van der Waals surface area contributed by atoms with Gasteiger partial charge in [0.25, 0.3) is 5.56 Å². The molecule has 0 saturated carbocycles. The number of anilines is 1. The van der Waals surface area contributed by atoms with Crippen molar-refractivity contribution in [2.24, 2.45) is 7.05 Å². The second-order valence-corrected chi connectivity index (χ2v) is 7.23. The van der Waals surface area contributed by atoms with Crippen molar-refractivity contribution in [3.63, 3.8) is 0 Å². The molecule has 3 aromatic rings. The summed E-state index contributed by atoms with van der Waals surface area (Å²) in [6.07, 6.45) is 1.59. The minimum Gasteiger partial charge on any atom is -0.325 e. The lowest BCUT2D eigenvalue weighted by atomic mass is 10.2. The number of halogens is 1. The summed E-state index contributed by atoms with van der Waals surface area (Å²) in [5, 5.41) is 9.45. The normalized spacial score (nSPS) is 10.6. The van der Waals surface area contributed by atoms with E-state index < -0.39 is 5.95 Å². The van der Waals surface area contributed by atoms with Crippen LogP contribution in [0.3, 0.4) is 0 Å². The van der Waals surface area contributed by atoms with E-state index >= 15 is 0 Å². The van der Waals surface area contributed by atoms with E-state index in [9.17, 15) is 14.0 Å². The number of benzene rings is 1. The van der Waals surface area contributed by atoms with E-state index in [1.54, 1.807) is 36.7 Å². The third-order valence-electron chi connectivity index (χ3n) is 3.73. The minimum absolute atomic E-state index is 0.0855. The largest absolute Gasteiger partial charge is 0.325 e. The molecule has 10 heteroatoms. The number of carbonyl (C=O) groups is 2. The molecule has 0 bridgehead atoms. The molecule has 28 heavy (non-hydrogen) atoms. The predicted molar refractivity (Wildman–Crippen MR) is 107 cm³/mol. The Hall–Kier alpha value is -2.98. The third-order valence-corrected chi connectivity index (χ3v) is 4.68. The molecule has 0 aliphatic carbocycles. The van der Waals surface area contributed by atoms with Gasteiger partial charge in [-0.3, -0.25) is 14.7 Å². The Morgan fingerprint density at radius 3 is 2.79 bits per heavy atom. The van der Waals surface area contributed by atoms with Crippen molar-refractivity contribution in [1.29, 1.82) is 0 Å². The first-order valence-electron chi connectivity index (χ1n) is 8.12. The zero-order chi connectivity index (χ0) is 20.8. The van der Waals surface area contributed by atoms with Crippen LogP contribution in [0.25, 0.3) is 10.9 Å². The molecular formula is C18H20FN5O3S. The highest BCUT2D eigenvalue weighted by atomic mass is 32.2. The average molecular weight is 405 g/mol. The number of nitrogens with one attached hydrogen (secondary N) is 2. The zero-order valence-corrected chi connectivity index (χ0v) is 16.5. The quantitative estimate of drug-likeness (QED) is 0.631. The highest BCUT2D eigenvalue weighted by Gasteiger charge is 2.15. The number of rotatable bonds is 5. The van der Waals surface area contributed by atoms with Crippen LogP contribution in [0.1, 0.15) is 5.56 Å². The maximum absolute atomic E-state index is 13.7. The molecule has 0 fully saturated rings. The van der Waals surface area contributed by atoms with Crippen molar-refractivity contribution in [1.82, 2.24) is 19.1 Å². The standard InChI is InChI=1S/C17H18FN5O2S.CH2O/c1-10-6-12-16(20-21-17(12)18)13(7-10)26-23(3)9-14(24)19-11-4-5-22(2)15(25)8-11;1-2/h4-8H,9H2,1-3H3,(H,19,24)(H,20,21);1H2. The highest BCUT2D eigenvalue weighted by molar-refractivity contribution is 7.97. The lowest BCUT2D eigenvalue weighted by molar-refractivity contribution is -0.116. The Morgan fingerprint density at radius 1 is 1.39 bits per heavy atom. The molecule has 0 atom stereocenters. The summed E-state index contributed by atoms with van der Waals surface area (Å²) in [4.78, 5) is 32.5. The Balaban J connectivity index is 0.00000136. The Kier molecular flexibility index (Phi) is 7.07. The molecule has 2 heterocycles. The average Bonchev–Trinajstić information content (AvgIpc) is 3.01. The molecule has 148 valence electrons. The molecule has 0 aliphatic heterocycles. The lowest BCUT2D eigenvalue weighted by Crippen LogP contribution is -2.26. The number of carbonyl (C=O) groups excluding carboxylic acids is 2. The first-order chi connectivity index (χ1) is 13.3. The molecule has 2 aromatic heterocycles. The maximum atomic E-state index is 13.7. The van der Waals surface area contributed by atoms with Gasteiger partial charge in [-0.25, -0.2) is 4.31 Å². The summed E-state index contributed by atoms with van der Waals surface area (Å²) < 4.78 is 16.9. The molecule has 8 nitrogen and oxygen atoms in total. The first-order valence-corrected chi connectivity index (χ1v) is 8.89. The van der Waals surface area contributed by atoms with E-state index in [1.165, 1.54) is 22.6 Å². The number of aromatic amines is 1. The smallest absolute Gasteiger partial charge is 0.252 e. The molecule has 2 N–H and O–H groups in total. The molecule has 0 saturated heterocycles. The van der Waals surface area contributed by atoms with Crippen LogP contribution in [0, 0.1) is 12.9 Å². The number of aryl methyl sites for hydroxylation is 2. The Labute approximate surface area is 164 Å². The van der Waals surface area contributed by atoms with Crippen LogP contribution in [-0.2, 0) is 16.6 Å². The van der Waals surface area contributed by atoms with Crippen LogP contribution >= 0.6 is 11.9 Å². The monoisotopic (exact) mass is 405 g/mol. The number of fused-ring (bicyclic) bond motifs is 1. The van der Waals surface area contributed by atoms with Crippen LogP contribution in [-0.4, -0.2) is 45.4 Å². The molecule has 1 aromatic carbocycles. The second kappa shape index (κ2) is 9.29. The molecule has 0 spiro atoms. The van der Waals surface area contributed by atoms with Crippen molar-refractivity contribution in [3.05, 3.63) is 52.3 Å². The van der Waals surface area contributed by atoms with E-state index in [0.717, 1.165) is 10.5 Å². The lowest BCUT2D eigenvalue weighted by Gasteiger charge is -2.16. The van der Waals surface area contributed by atoms with Crippen LogP contribution in [0.4, 0.5) is 10.1 Å². The SMILES string of the molecule is C=O.Cc1cc(SN(C)CC(=O)Nc2ccn(C)c(=O)c2)c2n[nH]c(F)c2c1. The number of hydrogen-bond donors (Lipinski definition) is 2. The first kappa shape index (κ1) is 21.3. The summed E-state index contributed by atoms with van der Waals surface area (Å²) >= 11 is 1.30. The van der Waals surface area contributed by atoms with Gasteiger partial charge >= 0.3 is 0 Å². The zero-order valence-electron chi connectivity index (χ0n) is 15.7. The topological polar surface area (TPSA) is 100 Å². The van der Waals surface area contributed by atoms with Crippen LogP contribution < -0.4 is 10.9 Å². The number of pyridine rings is 1.